The van der Waals surface area contributed by atoms with E-state index in [0.717, 1.165) is 11.1 Å². The number of ketones is 1. The average molecular weight is 389 g/mol. The van der Waals surface area contributed by atoms with Crippen LogP contribution in [0.3, 0.4) is 0 Å². The molecule has 0 bridgehead atoms. The summed E-state index contributed by atoms with van der Waals surface area (Å²) < 4.78 is 0.638. The van der Waals surface area contributed by atoms with Crippen LogP contribution in [0.5, 0.6) is 0 Å². The zero-order valence-corrected chi connectivity index (χ0v) is 15.2. The molecule has 0 fully saturated rings. The van der Waals surface area contributed by atoms with Crippen molar-refractivity contribution in [3.8, 4) is 0 Å². The summed E-state index contributed by atoms with van der Waals surface area (Å²) in [6, 6.07) is 10.2. The van der Waals surface area contributed by atoms with Crippen LogP contribution in [0.15, 0.2) is 40.9 Å². The second kappa shape index (κ2) is 7.40. The van der Waals surface area contributed by atoms with Crippen molar-refractivity contribution in [1.82, 2.24) is 0 Å². The molecule has 0 saturated heterocycles. The lowest BCUT2D eigenvalue weighted by atomic mass is 10.1. The number of anilines is 2. The van der Waals surface area contributed by atoms with Gasteiger partial charge in [-0.3, -0.25) is 14.4 Å². The highest BCUT2D eigenvalue weighted by atomic mass is 79.9. The summed E-state index contributed by atoms with van der Waals surface area (Å²) in [5.74, 6) is -1.80. The van der Waals surface area contributed by atoms with Crippen molar-refractivity contribution in [3.05, 3.63) is 57.6 Å². The number of Topliss-reactive ketones (excluding diaryl/α,β-unsaturated/α-hetero) is 1. The Hall–Kier alpha value is -2.47. The lowest BCUT2D eigenvalue weighted by Crippen LogP contribution is -2.24. The third-order valence-electron chi connectivity index (χ3n) is 3.51. The smallest absolute Gasteiger partial charge is 0.296 e. The maximum atomic E-state index is 12.5. The second-order valence-electron chi connectivity index (χ2n) is 5.45. The average Bonchev–Trinajstić information content (AvgIpc) is 2.51. The van der Waals surface area contributed by atoms with E-state index < -0.39 is 11.7 Å². The van der Waals surface area contributed by atoms with Gasteiger partial charge in [0.15, 0.2) is 0 Å². The van der Waals surface area contributed by atoms with E-state index in [0.29, 0.717) is 15.8 Å². The summed E-state index contributed by atoms with van der Waals surface area (Å²) in [7, 11) is 0. The summed E-state index contributed by atoms with van der Waals surface area (Å²) >= 11 is 3.27. The van der Waals surface area contributed by atoms with E-state index >= 15 is 0 Å². The van der Waals surface area contributed by atoms with Crippen molar-refractivity contribution < 1.29 is 14.4 Å². The van der Waals surface area contributed by atoms with Crippen molar-refractivity contribution in [2.24, 2.45) is 0 Å². The van der Waals surface area contributed by atoms with Gasteiger partial charge in [0.1, 0.15) is 0 Å². The number of benzene rings is 2. The molecule has 0 aromatic heterocycles. The number of carbonyl (C=O) groups excluding carboxylic acids is 3. The van der Waals surface area contributed by atoms with Gasteiger partial charge in [0.25, 0.3) is 11.7 Å². The molecule has 2 aromatic carbocycles. The third-order valence-corrected chi connectivity index (χ3v) is 4.00. The van der Waals surface area contributed by atoms with E-state index in [2.05, 4.69) is 26.6 Å². The van der Waals surface area contributed by atoms with Crippen LogP contribution in [-0.4, -0.2) is 17.6 Å². The molecule has 2 aromatic rings. The second-order valence-corrected chi connectivity index (χ2v) is 6.37. The molecular formula is C18H17BrN2O3. The van der Waals surface area contributed by atoms with E-state index in [1.807, 2.05) is 19.9 Å². The van der Waals surface area contributed by atoms with Gasteiger partial charge in [-0.1, -0.05) is 22.0 Å². The molecule has 0 atom stereocenters. The molecule has 0 aliphatic rings. The van der Waals surface area contributed by atoms with E-state index in [1.54, 1.807) is 24.3 Å². The van der Waals surface area contributed by atoms with Gasteiger partial charge in [0, 0.05) is 17.1 Å². The van der Waals surface area contributed by atoms with Crippen molar-refractivity contribution in [2.75, 3.05) is 10.6 Å². The summed E-state index contributed by atoms with van der Waals surface area (Å²) in [5.41, 5.74) is 3.08. The highest BCUT2D eigenvalue weighted by molar-refractivity contribution is 9.10. The first-order chi connectivity index (χ1) is 11.3. The van der Waals surface area contributed by atoms with Gasteiger partial charge in [0.05, 0.1) is 11.3 Å². The molecule has 0 aliphatic heterocycles. The number of nitrogens with one attached hydrogen (secondary N) is 2. The number of amides is 2. The zero-order chi connectivity index (χ0) is 17.9. The molecule has 0 aliphatic carbocycles. The normalized spacial score (nSPS) is 10.2. The molecule has 5 nitrogen and oxygen atoms in total. The first-order valence-electron chi connectivity index (χ1n) is 7.28. The van der Waals surface area contributed by atoms with Gasteiger partial charge in [-0.15, -0.1) is 0 Å². The minimum Gasteiger partial charge on any atom is -0.326 e. The molecular weight excluding hydrogens is 372 g/mol. The molecule has 24 heavy (non-hydrogen) atoms. The minimum atomic E-state index is -0.761. The summed E-state index contributed by atoms with van der Waals surface area (Å²) in [4.78, 5) is 36.0. The van der Waals surface area contributed by atoms with Crippen molar-refractivity contribution in [3.63, 3.8) is 0 Å². The number of carbonyl (C=O) groups is 3. The summed E-state index contributed by atoms with van der Waals surface area (Å²) in [6.45, 7) is 5.23. The van der Waals surface area contributed by atoms with Gasteiger partial charge in [-0.25, -0.2) is 0 Å². The maximum absolute atomic E-state index is 12.5. The van der Waals surface area contributed by atoms with Gasteiger partial charge in [0.2, 0.25) is 5.91 Å². The molecule has 0 saturated carbocycles. The Bertz CT molecular complexity index is 831. The van der Waals surface area contributed by atoms with E-state index in [-0.39, 0.29) is 11.5 Å². The number of hydrogen-bond donors (Lipinski definition) is 2. The first-order valence-corrected chi connectivity index (χ1v) is 8.07. The van der Waals surface area contributed by atoms with Crippen LogP contribution in [-0.2, 0) is 9.59 Å². The van der Waals surface area contributed by atoms with Crippen molar-refractivity contribution in [2.45, 2.75) is 20.8 Å². The van der Waals surface area contributed by atoms with Crippen LogP contribution >= 0.6 is 15.9 Å². The largest absolute Gasteiger partial charge is 0.326 e. The summed E-state index contributed by atoms with van der Waals surface area (Å²) in [6.07, 6.45) is 0. The monoisotopic (exact) mass is 388 g/mol. The topological polar surface area (TPSA) is 75.3 Å². The molecule has 0 heterocycles. The summed E-state index contributed by atoms with van der Waals surface area (Å²) in [5, 5.41) is 5.15. The Morgan fingerprint density at radius 2 is 1.62 bits per heavy atom. The van der Waals surface area contributed by atoms with Crippen LogP contribution in [0.25, 0.3) is 0 Å². The molecule has 2 rings (SSSR count). The minimum absolute atomic E-state index is 0.126. The fourth-order valence-corrected chi connectivity index (χ4v) is 2.49. The highest BCUT2D eigenvalue weighted by Gasteiger charge is 2.21. The predicted molar refractivity (Wildman–Crippen MR) is 97.3 cm³/mol. The van der Waals surface area contributed by atoms with Crippen molar-refractivity contribution in [1.29, 1.82) is 0 Å². The Labute approximate surface area is 148 Å². The maximum Gasteiger partial charge on any atom is 0.296 e. The van der Waals surface area contributed by atoms with Crippen LogP contribution < -0.4 is 10.6 Å². The standard InChI is InChI=1S/C18H17BrN2O3/c1-10-4-6-14(8-11(10)2)21-18(24)17(23)15-9-13(19)5-7-16(15)20-12(3)22/h4-9H,1-3H3,(H,20,22)(H,21,24). The van der Waals surface area contributed by atoms with Crippen molar-refractivity contribution >= 4 is 44.9 Å². The first kappa shape index (κ1) is 17.9. The molecule has 124 valence electrons. The number of halogens is 1. The quantitative estimate of drug-likeness (QED) is 0.616. The lowest BCUT2D eigenvalue weighted by Gasteiger charge is -2.11. The molecule has 0 radical (unpaired) electrons. The van der Waals surface area contributed by atoms with Gasteiger partial charge in [-0.05, 0) is 55.3 Å². The third kappa shape index (κ3) is 4.29. The van der Waals surface area contributed by atoms with Crippen LogP contribution in [0.1, 0.15) is 28.4 Å². The lowest BCUT2D eigenvalue weighted by molar-refractivity contribution is -0.114. The van der Waals surface area contributed by atoms with Gasteiger partial charge >= 0.3 is 0 Å². The van der Waals surface area contributed by atoms with E-state index in [4.69, 9.17) is 0 Å². The van der Waals surface area contributed by atoms with Crippen LogP contribution in [0.2, 0.25) is 0 Å². The van der Waals surface area contributed by atoms with Crippen LogP contribution in [0.4, 0.5) is 11.4 Å². The highest BCUT2D eigenvalue weighted by Crippen LogP contribution is 2.22. The molecule has 6 heteroatoms. The van der Waals surface area contributed by atoms with Gasteiger partial charge in [-0.2, -0.15) is 0 Å². The predicted octanol–water partition coefficient (Wildman–Crippen LogP) is 3.85. The van der Waals surface area contributed by atoms with Gasteiger partial charge < -0.3 is 10.6 Å². The SMILES string of the molecule is CC(=O)Nc1ccc(Br)cc1C(=O)C(=O)Nc1ccc(C)c(C)c1. The Morgan fingerprint density at radius 3 is 2.25 bits per heavy atom. The Morgan fingerprint density at radius 1 is 0.917 bits per heavy atom. The Kier molecular flexibility index (Phi) is 5.51. The number of hydrogen-bond acceptors (Lipinski definition) is 3. The molecule has 0 spiro atoms. The molecule has 0 unspecified atom stereocenters. The fraction of sp³-hybridized carbons (Fsp3) is 0.167. The van der Waals surface area contributed by atoms with E-state index in [9.17, 15) is 14.4 Å². The number of rotatable bonds is 4. The molecule has 2 amide bonds. The molecule has 2 N–H and O–H groups in total. The zero-order valence-electron chi connectivity index (χ0n) is 13.6. The Balaban J connectivity index is 2.27. The van der Waals surface area contributed by atoms with E-state index in [1.165, 1.54) is 13.0 Å². The fourth-order valence-electron chi connectivity index (χ4n) is 2.13. The number of aryl methyl sites for hydroxylation is 2. The van der Waals surface area contributed by atoms with Crippen LogP contribution in [0, 0.1) is 13.8 Å².